The molecule has 1 aliphatic rings. The standard InChI is InChI=1S/C18H23N3/c1-2-9-21-18(17-11-19-13-20-12-17)16-8-7-14-5-3-4-6-15(14)10-16/h3-6,11-13,16,18,21H,2,7-10H2,1H3. The largest absolute Gasteiger partial charge is 0.310 e. The average Bonchev–Trinajstić information content (AvgIpc) is 2.56. The van der Waals surface area contributed by atoms with Gasteiger partial charge in [-0.3, -0.25) is 0 Å². The van der Waals surface area contributed by atoms with E-state index in [9.17, 15) is 0 Å². The SMILES string of the molecule is CCCNC(c1cncnc1)C1CCc2ccccc2C1. The number of nitrogens with zero attached hydrogens (tertiary/aromatic N) is 2. The maximum atomic E-state index is 4.20. The summed E-state index contributed by atoms with van der Waals surface area (Å²) in [5.74, 6) is 0.623. The first-order chi connectivity index (χ1) is 10.4. The third-order valence-electron chi connectivity index (χ3n) is 4.41. The Kier molecular flexibility index (Phi) is 4.61. The molecule has 0 aliphatic heterocycles. The van der Waals surface area contributed by atoms with Crippen molar-refractivity contribution in [3.05, 3.63) is 59.7 Å². The zero-order valence-electron chi connectivity index (χ0n) is 12.6. The van der Waals surface area contributed by atoms with Gasteiger partial charge in [-0.1, -0.05) is 31.2 Å². The number of aryl methyl sites for hydroxylation is 1. The molecule has 21 heavy (non-hydrogen) atoms. The van der Waals surface area contributed by atoms with E-state index in [2.05, 4.69) is 46.5 Å². The number of nitrogens with one attached hydrogen (secondary N) is 1. The molecule has 0 radical (unpaired) electrons. The van der Waals surface area contributed by atoms with Gasteiger partial charge >= 0.3 is 0 Å². The third-order valence-corrected chi connectivity index (χ3v) is 4.41. The van der Waals surface area contributed by atoms with Gasteiger partial charge in [0.05, 0.1) is 0 Å². The van der Waals surface area contributed by atoms with Gasteiger partial charge in [0.2, 0.25) is 0 Å². The van der Waals surface area contributed by atoms with E-state index in [1.807, 2.05) is 12.4 Å². The Morgan fingerprint density at radius 2 is 1.95 bits per heavy atom. The number of benzene rings is 1. The molecular formula is C18H23N3. The lowest BCUT2D eigenvalue weighted by atomic mass is 9.78. The fraction of sp³-hybridized carbons (Fsp3) is 0.444. The van der Waals surface area contributed by atoms with Crippen LogP contribution >= 0.6 is 0 Å². The van der Waals surface area contributed by atoms with Crippen molar-refractivity contribution in [1.29, 1.82) is 0 Å². The number of hydrogen-bond acceptors (Lipinski definition) is 3. The van der Waals surface area contributed by atoms with E-state index in [-0.39, 0.29) is 0 Å². The van der Waals surface area contributed by atoms with Crippen LogP contribution in [0.25, 0.3) is 0 Å². The van der Waals surface area contributed by atoms with Crippen molar-refractivity contribution in [1.82, 2.24) is 15.3 Å². The summed E-state index contributed by atoms with van der Waals surface area (Å²) >= 11 is 0. The summed E-state index contributed by atoms with van der Waals surface area (Å²) in [5, 5.41) is 3.71. The highest BCUT2D eigenvalue weighted by Crippen LogP contribution is 2.33. The summed E-state index contributed by atoms with van der Waals surface area (Å²) < 4.78 is 0. The van der Waals surface area contributed by atoms with Crippen LogP contribution in [-0.2, 0) is 12.8 Å². The van der Waals surface area contributed by atoms with Crippen LogP contribution in [0.4, 0.5) is 0 Å². The average molecular weight is 281 g/mol. The molecule has 0 spiro atoms. The molecule has 0 amide bonds. The lowest BCUT2D eigenvalue weighted by Gasteiger charge is -2.32. The van der Waals surface area contributed by atoms with Crippen LogP contribution in [-0.4, -0.2) is 16.5 Å². The van der Waals surface area contributed by atoms with Gasteiger partial charge in [-0.15, -0.1) is 0 Å². The van der Waals surface area contributed by atoms with Gasteiger partial charge in [0.15, 0.2) is 0 Å². The van der Waals surface area contributed by atoms with Gasteiger partial charge in [-0.25, -0.2) is 9.97 Å². The molecule has 0 saturated carbocycles. The Bertz CT molecular complexity index is 568. The van der Waals surface area contributed by atoms with Crippen molar-refractivity contribution in [2.75, 3.05) is 6.54 Å². The molecule has 3 heteroatoms. The normalized spacial score (nSPS) is 19.0. The Labute approximate surface area is 126 Å². The molecule has 3 rings (SSSR count). The van der Waals surface area contributed by atoms with E-state index in [1.165, 1.54) is 29.5 Å². The molecule has 0 saturated heterocycles. The predicted molar refractivity (Wildman–Crippen MR) is 85.0 cm³/mol. The van der Waals surface area contributed by atoms with Crippen LogP contribution in [0.2, 0.25) is 0 Å². The molecule has 2 unspecified atom stereocenters. The maximum absolute atomic E-state index is 4.20. The topological polar surface area (TPSA) is 37.8 Å². The van der Waals surface area contributed by atoms with Crippen LogP contribution in [0, 0.1) is 5.92 Å². The molecule has 1 heterocycles. The van der Waals surface area contributed by atoms with E-state index in [4.69, 9.17) is 0 Å². The first kappa shape index (κ1) is 14.2. The minimum Gasteiger partial charge on any atom is -0.310 e. The monoisotopic (exact) mass is 281 g/mol. The van der Waals surface area contributed by atoms with Crippen molar-refractivity contribution in [3.8, 4) is 0 Å². The molecule has 1 aromatic heterocycles. The quantitative estimate of drug-likeness (QED) is 0.913. The highest BCUT2D eigenvalue weighted by atomic mass is 14.9. The van der Waals surface area contributed by atoms with E-state index in [1.54, 1.807) is 6.33 Å². The molecule has 0 fully saturated rings. The van der Waals surface area contributed by atoms with Gasteiger partial charge in [0.25, 0.3) is 0 Å². The number of hydrogen-bond donors (Lipinski definition) is 1. The summed E-state index contributed by atoms with van der Waals surface area (Å²) in [7, 11) is 0. The van der Waals surface area contributed by atoms with Crippen LogP contribution in [0.5, 0.6) is 0 Å². The summed E-state index contributed by atoms with van der Waals surface area (Å²) in [6.45, 7) is 3.25. The Morgan fingerprint density at radius 1 is 1.19 bits per heavy atom. The smallest absolute Gasteiger partial charge is 0.115 e. The zero-order chi connectivity index (χ0) is 14.5. The fourth-order valence-corrected chi connectivity index (χ4v) is 3.34. The molecular weight excluding hydrogens is 258 g/mol. The van der Waals surface area contributed by atoms with Crippen LogP contribution in [0.3, 0.4) is 0 Å². The number of fused-ring (bicyclic) bond motifs is 1. The Hall–Kier alpha value is -1.74. The molecule has 110 valence electrons. The molecule has 2 atom stereocenters. The highest BCUT2D eigenvalue weighted by Gasteiger charge is 2.27. The zero-order valence-corrected chi connectivity index (χ0v) is 12.6. The minimum absolute atomic E-state index is 0.361. The molecule has 1 N–H and O–H groups in total. The van der Waals surface area contributed by atoms with Gasteiger partial charge in [0, 0.05) is 24.0 Å². The van der Waals surface area contributed by atoms with Crippen molar-refractivity contribution < 1.29 is 0 Å². The van der Waals surface area contributed by atoms with E-state index in [0.29, 0.717) is 12.0 Å². The lowest BCUT2D eigenvalue weighted by molar-refractivity contribution is 0.325. The molecule has 1 aromatic carbocycles. The number of rotatable bonds is 5. The van der Waals surface area contributed by atoms with E-state index < -0.39 is 0 Å². The second-order valence-electron chi connectivity index (χ2n) is 5.88. The molecule has 2 aromatic rings. The van der Waals surface area contributed by atoms with E-state index in [0.717, 1.165) is 19.4 Å². The van der Waals surface area contributed by atoms with Crippen molar-refractivity contribution in [3.63, 3.8) is 0 Å². The third kappa shape index (κ3) is 3.30. The van der Waals surface area contributed by atoms with Crippen LogP contribution < -0.4 is 5.32 Å². The Balaban J connectivity index is 1.81. The Morgan fingerprint density at radius 3 is 2.71 bits per heavy atom. The second-order valence-corrected chi connectivity index (χ2v) is 5.88. The molecule has 1 aliphatic carbocycles. The summed E-state index contributed by atoms with van der Waals surface area (Å²) in [5.41, 5.74) is 4.25. The minimum atomic E-state index is 0.361. The van der Waals surface area contributed by atoms with E-state index >= 15 is 0 Å². The lowest BCUT2D eigenvalue weighted by Crippen LogP contribution is -2.32. The number of aromatic nitrogens is 2. The highest BCUT2D eigenvalue weighted by molar-refractivity contribution is 5.30. The summed E-state index contributed by atoms with van der Waals surface area (Å²) in [6, 6.07) is 9.21. The summed E-state index contributed by atoms with van der Waals surface area (Å²) in [6.07, 6.45) is 10.2. The van der Waals surface area contributed by atoms with Crippen LogP contribution in [0.15, 0.2) is 43.0 Å². The van der Waals surface area contributed by atoms with Gasteiger partial charge in [-0.05, 0) is 49.3 Å². The second kappa shape index (κ2) is 6.81. The van der Waals surface area contributed by atoms with Gasteiger partial charge in [-0.2, -0.15) is 0 Å². The maximum Gasteiger partial charge on any atom is 0.115 e. The first-order valence-electron chi connectivity index (χ1n) is 7.93. The van der Waals surface area contributed by atoms with Crippen molar-refractivity contribution >= 4 is 0 Å². The van der Waals surface area contributed by atoms with Gasteiger partial charge < -0.3 is 5.32 Å². The van der Waals surface area contributed by atoms with Crippen molar-refractivity contribution in [2.45, 2.75) is 38.6 Å². The molecule has 3 nitrogen and oxygen atoms in total. The molecule has 0 bridgehead atoms. The summed E-state index contributed by atoms with van der Waals surface area (Å²) in [4.78, 5) is 8.40. The van der Waals surface area contributed by atoms with Gasteiger partial charge in [0.1, 0.15) is 6.33 Å². The van der Waals surface area contributed by atoms with Crippen molar-refractivity contribution in [2.24, 2.45) is 5.92 Å². The fourth-order valence-electron chi connectivity index (χ4n) is 3.34. The predicted octanol–water partition coefficient (Wildman–Crippen LogP) is 3.32. The first-order valence-corrected chi connectivity index (χ1v) is 7.93. The van der Waals surface area contributed by atoms with Crippen LogP contribution in [0.1, 0.15) is 42.5 Å².